The van der Waals surface area contributed by atoms with Crippen LogP contribution in [0, 0.1) is 0 Å². The molecule has 14 heavy (non-hydrogen) atoms. The summed E-state index contributed by atoms with van der Waals surface area (Å²) < 4.78 is 4.87. The summed E-state index contributed by atoms with van der Waals surface area (Å²) >= 11 is 11.7. The Bertz CT molecular complexity index is 302. The van der Waals surface area contributed by atoms with Gasteiger partial charge in [-0.2, -0.15) is 0 Å². The van der Waals surface area contributed by atoms with Gasteiger partial charge in [0, 0.05) is 35.7 Å². The number of rotatable bonds is 4. The molecule has 2 nitrogen and oxygen atoms in total. The number of hydrogen-bond acceptors (Lipinski definition) is 2. The maximum Gasteiger partial charge on any atom is 0.0826 e. The molecule has 0 aliphatic carbocycles. The van der Waals surface area contributed by atoms with Gasteiger partial charge in [0.25, 0.3) is 0 Å². The van der Waals surface area contributed by atoms with Gasteiger partial charge in [-0.05, 0) is 18.2 Å². The molecule has 0 bridgehead atoms. The molecule has 1 rings (SSSR count). The molecule has 0 saturated heterocycles. The lowest BCUT2D eigenvalue weighted by Gasteiger charge is -2.12. The maximum absolute atomic E-state index is 9.73. The SMILES string of the molecule is COCCC(O)c1cc(Cl)ccc1Cl. The quantitative estimate of drug-likeness (QED) is 0.868. The van der Waals surface area contributed by atoms with E-state index in [9.17, 15) is 5.11 Å². The summed E-state index contributed by atoms with van der Waals surface area (Å²) in [6.45, 7) is 0.490. The summed E-state index contributed by atoms with van der Waals surface area (Å²) in [4.78, 5) is 0. The number of ether oxygens (including phenoxy) is 1. The van der Waals surface area contributed by atoms with Gasteiger partial charge >= 0.3 is 0 Å². The van der Waals surface area contributed by atoms with E-state index in [2.05, 4.69) is 0 Å². The van der Waals surface area contributed by atoms with Gasteiger partial charge in [0.2, 0.25) is 0 Å². The molecule has 0 radical (unpaired) electrons. The molecule has 1 aromatic carbocycles. The zero-order chi connectivity index (χ0) is 10.6. The van der Waals surface area contributed by atoms with Crippen LogP contribution in [0.3, 0.4) is 0 Å². The predicted octanol–water partition coefficient (Wildman–Crippen LogP) is 3.06. The van der Waals surface area contributed by atoms with E-state index in [1.165, 1.54) is 0 Å². The molecule has 0 aromatic heterocycles. The Morgan fingerprint density at radius 2 is 2.14 bits per heavy atom. The molecule has 0 fully saturated rings. The van der Waals surface area contributed by atoms with E-state index in [1.54, 1.807) is 25.3 Å². The molecule has 1 aromatic rings. The largest absolute Gasteiger partial charge is 0.388 e. The standard InChI is InChI=1S/C10H12Cl2O2/c1-14-5-4-10(13)8-6-7(11)2-3-9(8)12/h2-3,6,10,13H,4-5H2,1H3. The van der Waals surface area contributed by atoms with Crippen molar-refractivity contribution in [2.75, 3.05) is 13.7 Å². The Morgan fingerprint density at radius 1 is 1.43 bits per heavy atom. The van der Waals surface area contributed by atoms with Gasteiger partial charge in [0.15, 0.2) is 0 Å². The fraction of sp³-hybridized carbons (Fsp3) is 0.400. The van der Waals surface area contributed by atoms with Gasteiger partial charge in [-0.1, -0.05) is 23.2 Å². The summed E-state index contributed by atoms with van der Waals surface area (Å²) in [6, 6.07) is 5.04. The van der Waals surface area contributed by atoms with Crippen LogP contribution in [0.2, 0.25) is 10.0 Å². The first kappa shape index (κ1) is 11.8. The van der Waals surface area contributed by atoms with Crippen LogP contribution in [0.1, 0.15) is 18.1 Å². The Kier molecular flexibility index (Phi) is 4.69. The number of halogens is 2. The van der Waals surface area contributed by atoms with E-state index < -0.39 is 6.10 Å². The second-order valence-corrected chi connectivity index (χ2v) is 3.81. The second-order valence-electron chi connectivity index (χ2n) is 2.96. The minimum Gasteiger partial charge on any atom is -0.388 e. The summed E-state index contributed by atoms with van der Waals surface area (Å²) in [5, 5.41) is 10.8. The van der Waals surface area contributed by atoms with Crippen LogP contribution in [0.25, 0.3) is 0 Å². The normalized spacial score (nSPS) is 12.9. The van der Waals surface area contributed by atoms with E-state index in [0.29, 0.717) is 28.6 Å². The molecule has 0 saturated carbocycles. The highest BCUT2D eigenvalue weighted by Crippen LogP contribution is 2.27. The Morgan fingerprint density at radius 3 is 2.79 bits per heavy atom. The number of aliphatic hydroxyl groups is 1. The number of aliphatic hydroxyl groups excluding tert-OH is 1. The minimum atomic E-state index is -0.624. The zero-order valence-electron chi connectivity index (χ0n) is 7.84. The van der Waals surface area contributed by atoms with Crippen LogP contribution in [-0.4, -0.2) is 18.8 Å². The van der Waals surface area contributed by atoms with Crippen molar-refractivity contribution >= 4 is 23.2 Å². The molecule has 78 valence electrons. The lowest BCUT2D eigenvalue weighted by Crippen LogP contribution is -2.02. The highest BCUT2D eigenvalue weighted by Gasteiger charge is 2.11. The molecule has 0 heterocycles. The second kappa shape index (κ2) is 5.56. The van der Waals surface area contributed by atoms with Crippen LogP contribution in [0.5, 0.6) is 0 Å². The molecule has 1 N–H and O–H groups in total. The molecule has 0 aliphatic rings. The maximum atomic E-state index is 9.73. The topological polar surface area (TPSA) is 29.5 Å². The lowest BCUT2D eigenvalue weighted by molar-refractivity contribution is 0.110. The molecule has 4 heteroatoms. The van der Waals surface area contributed by atoms with Crippen LogP contribution >= 0.6 is 23.2 Å². The highest BCUT2D eigenvalue weighted by atomic mass is 35.5. The van der Waals surface area contributed by atoms with Gasteiger partial charge in [0.05, 0.1) is 6.10 Å². The van der Waals surface area contributed by atoms with Crippen molar-refractivity contribution in [3.63, 3.8) is 0 Å². The van der Waals surface area contributed by atoms with Gasteiger partial charge in [-0.25, -0.2) is 0 Å². The van der Waals surface area contributed by atoms with Crippen molar-refractivity contribution in [3.05, 3.63) is 33.8 Å². The van der Waals surface area contributed by atoms with Crippen molar-refractivity contribution in [2.45, 2.75) is 12.5 Å². The molecular formula is C10H12Cl2O2. The summed E-state index contributed by atoms with van der Waals surface area (Å²) in [5.74, 6) is 0. The summed E-state index contributed by atoms with van der Waals surface area (Å²) in [5.41, 5.74) is 0.649. The monoisotopic (exact) mass is 234 g/mol. The van der Waals surface area contributed by atoms with Crippen molar-refractivity contribution in [1.82, 2.24) is 0 Å². The average molecular weight is 235 g/mol. The predicted molar refractivity (Wildman–Crippen MR) is 57.9 cm³/mol. The van der Waals surface area contributed by atoms with Crippen molar-refractivity contribution in [1.29, 1.82) is 0 Å². The fourth-order valence-corrected chi connectivity index (χ4v) is 1.58. The molecule has 1 atom stereocenters. The number of hydrogen-bond donors (Lipinski definition) is 1. The first-order valence-corrected chi connectivity index (χ1v) is 5.02. The molecular weight excluding hydrogens is 223 g/mol. The highest BCUT2D eigenvalue weighted by molar-refractivity contribution is 6.33. The van der Waals surface area contributed by atoms with Crippen molar-refractivity contribution in [2.24, 2.45) is 0 Å². The minimum absolute atomic E-state index is 0.490. The van der Waals surface area contributed by atoms with Crippen LogP contribution < -0.4 is 0 Å². The third-order valence-electron chi connectivity index (χ3n) is 1.91. The molecule has 0 amide bonds. The van der Waals surface area contributed by atoms with Gasteiger partial charge in [-0.15, -0.1) is 0 Å². The van der Waals surface area contributed by atoms with E-state index in [1.807, 2.05) is 0 Å². The van der Waals surface area contributed by atoms with Crippen molar-refractivity contribution in [3.8, 4) is 0 Å². The van der Waals surface area contributed by atoms with Gasteiger partial charge in [-0.3, -0.25) is 0 Å². The van der Waals surface area contributed by atoms with Gasteiger partial charge in [0.1, 0.15) is 0 Å². The third kappa shape index (κ3) is 3.14. The van der Waals surface area contributed by atoms with Crippen LogP contribution in [0.4, 0.5) is 0 Å². The number of methoxy groups -OCH3 is 1. The fourth-order valence-electron chi connectivity index (χ4n) is 1.15. The first-order valence-electron chi connectivity index (χ1n) is 4.27. The van der Waals surface area contributed by atoms with E-state index in [-0.39, 0.29) is 0 Å². The Hall–Kier alpha value is -0.280. The smallest absolute Gasteiger partial charge is 0.0826 e. The Labute approximate surface area is 93.4 Å². The van der Waals surface area contributed by atoms with Crippen molar-refractivity contribution < 1.29 is 9.84 Å². The van der Waals surface area contributed by atoms with Gasteiger partial charge < -0.3 is 9.84 Å². The molecule has 1 unspecified atom stereocenters. The third-order valence-corrected chi connectivity index (χ3v) is 2.49. The van der Waals surface area contributed by atoms with E-state index in [4.69, 9.17) is 27.9 Å². The molecule has 0 aliphatic heterocycles. The summed E-state index contributed by atoms with van der Waals surface area (Å²) in [6.07, 6.45) is -0.113. The zero-order valence-corrected chi connectivity index (χ0v) is 9.35. The molecule has 0 spiro atoms. The summed E-state index contributed by atoms with van der Waals surface area (Å²) in [7, 11) is 1.59. The lowest BCUT2D eigenvalue weighted by atomic mass is 10.1. The van der Waals surface area contributed by atoms with E-state index >= 15 is 0 Å². The van der Waals surface area contributed by atoms with E-state index in [0.717, 1.165) is 0 Å². The Balaban J connectivity index is 2.77. The van der Waals surface area contributed by atoms with Crippen LogP contribution in [-0.2, 0) is 4.74 Å². The number of benzene rings is 1. The van der Waals surface area contributed by atoms with Crippen LogP contribution in [0.15, 0.2) is 18.2 Å². The average Bonchev–Trinajstić information content (AvgIpc) is 2.18. The first-order chi connectivity index (χ1) is 6.65.